The first-order valence-electron chi connectivity index (χ1n) is 9.29. The van der Waals surface area contributed by atoms with Crippen molar-refractivity contribution in [1.82, 2.24) is 15.2 Å². The van der Waals surface area contributed by atoms with E-state index in [1.54, 1.807) is 39.3 Å². The third-order valence-electron chi connectivity index (χ3n) is 4.84. The molecule has 5 nitrogen and oxygen atoms in total. The van der Waals surface area contributed by atoms with E-state index in [9.17, 15) is 9.59 Å². The van der Waals surface area contributed by atoms with Crippen LogP contribution in [0.3, 0.4) is 0 Å². The minimum absolute atomic E-state index is 0.00177. The number of hydrogen-bond donors (Lipinski definition) is 1. The topological polar surface area (TPSA) is 62.3 Å². The Labute approximate surface area is 182 Å². The SMILES string of the molecule is Cc1ccccc1CC(=O)N1CSC[C@@H]1C(=O)NCc1csc(-c2cccs2)n1. The molecule has 2 aromatic heterocycles. The van der Waals surface area contributed by atoms with Crippen molar-refractivity contribution < 1.29 is 9.59 Å². The van der Waals surface area contributed by atoms with Crippen molar-refractivity contribution in [3.8, 4) is 9.88 Å². The van der Waals surface area contributed by atoms with Crippen LogP contribution in [0.25, 0.3) is 9.88 Å². The maximum absolute atomic E-state index is 12.8. The molecule has 3 aromatic rings. The molecule has 1 saturated heterocycles. The van der Waals surface area contributed by atoms with Gasteiger partial charge >= 0.3 is 0 Å². The summed E-state index contributed by atoms with van der Waals surface area (Å²) in [5.74, 6) is 1.07. The van der Waals surface area contributed by atoms with Crippen LogP contribution in [-0.4, -0.2) is 39.4 Å². The molecular weight excluding hydrogens is 422 g/mol. The first-order valence-corrected chi connectivity index (χ1v) is 12.2. The molecule has 0 bridgehead atoms. The minimum Gasteiger partial charge on any atom is -0.349 e. The van der Waals surface area contributed by atoms with E-state index in [0.717, 1.165) is 26.7 Å². The monoisotopic (exact) mass is 443 g/mol. The van der Waals surface area contributed by atoms with E-state index in [4.69, 9.17) is 0 Å². The van der Waals surface area contributed by atoms with Crippen molar-refractivity contribution in [2.75, 3.05) is 11.6 Å². The van der Waals surface area contributed by atoms with Crippen LogP contribution in [0.15, 0.2) is 47.2 Å². The lowest BCUT2D eigenvalue weighted by atomic mass is 10.1. The summed E-state index contributed by atoms with van der Waals surface area (Å²) >= 11 is 4.85. The molecule has 1 aliphatic heterocycles. The Bertz CT molecular complexity index is 1000. The number of carbonyl (C=O) groups excluding carboxylic acids is 2. The fourth-order valence-electron chi connectivity index (χ4n) is 3.18. The summed E-state index contributed by atoms with van der Waals surface area (Å²) < 4.78 is 0. The van der Waals surface area contributed by atoms with E-state index < -0.39 is 6.04 Å². The number of aromatic nitrogens is 1. The van der Waals surface area contributed by atoms with Crippen molar-refractivity contribution in [3.63, 3.8) is 0 Å². The molecule has 29 heavy (non-hydrogen) atoms. The van der Waals surface area contributed by atoms with Crippen LogP contribution in [0.1, 0.15) is 16.8 Å². The number of carbonyl (C=O) groups is 2. The van der Waals surface area contributed by atoms with Gasteiger partial charge in [-0.1, -0.05) is 30.3 Å². The minimum atomic E-state index is -0.424. The number of rotatable bonds is 6. The van der Waals surface area contributed by atoms with Gasteiger partial charge in [-0.3, -0.25) is 9.59 Å². The molecule has 1 aromatic carbocycles. The number of benzene rings is 1. The lowest BCUT2D eigenvalue weighted by molar-refractivity contribution is -0.137. The predicted molar refractivity (Wildman–Crippen MR) is 120 cm³/mol. The number of aryl methyl sites for hydroxylation is 1. The number of thioether (sulfide) groups is 1. The average molecular weight is 444 g/mol. The third-order valence-corrected chi connectivity index (χ3v) is 7.78. The van der Waals surface area contributed by atoms with Crippen LogP contribution < -0.4 is 5.32 Å². The van der Waals surface area contributed by atoms with Gasteiger partial charge in [-0.2, -0.15) is 0 Å². The summed E-state index contributed by atoms with van der Waals surface area (Å²) in [7, 11) is 0. The molecular formula is C21H21N3O2S3. The highest BCUT2D eigenvalue weighted by Gasteiger charge is 2.34. The van der Waals surface area contributed by atoms with Crippen molar-refractivity contribution in [2.24, 2.45) is 0 Å². The number of hydrogen-bond acceptors (Lipinski definition) is 6. The molecule has 3 heterocycles. The highest BCUT2D eigenvalue weighted by Crippen LogP contribution is 2.28. The van der Waals surface area contributed by atoms with E-state index in [2.05, 4.69) is 10.3 Å². The molecule has 0 unspecified atom stereocenters. The maximum atomic E-state index is 12.8. The number of nitrogens with one attached hydrogen (secondary N) is 1. The Kier molecular flexibility index (Phi) is 6.32. The molecule has 1 aliphatic rings. The molecule has 1 N–H and O–H groups in total. The zero-order valence-electron chi connectivity index (χ0n) is 16.0. The molecule has 4 rings (SSSR count). The van der Waals surface area contributed by atoms with Crippen molar-refractivity contribution in [2.45, 2.75) is 25.9 Å². The molecule has 1 fully saturated rings. The fraction of sp³-hybridized carbons (Fsp3) is 0.286. The smallest absolute Gasteiger partial charge is 0.244 e. The Morgan fingerprint density at radius 3 is 2.86 bits per heavy atom. The van der Waals surface area contributed by atoms with Gasteiger partial charge < -0.3 is 10.2 Å². The van der Waals surface area contributed by atoms with Crippen LogP contribution >= 0.6 is 34.4 Å². The molecule has 0 radical (unpaired) electrons. The van der Waals surface area contributed by atoms with E-state index in [1.807, 2.05) is 54.1 Å². The summed E-state index contributed by atoms with van der Waals surface area (Å²) in [6.07, 6.45) is 0.327. The summed E-state index contributed by atoms with van der Waals surface area (Å²) in [6, 6.07) is 11.5. The number of amides is 2. The predicted octanol–water partition coefficient (Wildman–Crippen LogP) is 3.94. The summed E-state index contributed by atoms with van der Waals surface area (Å²) in [5.41, 5.74) is 2.95. The first kappa shape index (κ1) is 20.1. The number of thiophene rings is 1. The van der Waals surface area contributed by atoms with Gasteiger partial charge in [-0.05, 0) is 29.5 Å². The van der Waals surface area contributed by atoms with Crippen molar-refractivity contribution in [3.05, 3.63) is 64.0 Å². The van der Waals surface area contributed by atoms with Gasteiger partial charge in [0.15, 0.2) is 0 Å². The summed E-state index contributed by atoms with van der Waals surface area (Å²) in [4.78, 5) is 33.0. The molecule has 0 saturated carbocycles. The largest absolute Gasteiger partial charge is 0.349 e. The zero-order valence-corrected chi connectivity index (χ0v) is 18.4. The Balaban J connectivity index is 1.35. The van der Waals surface area contributed by atoms with E-state index in [0.29, 0.717) is 24.6 Å². The molecule has 0 spiro atoms. The second kappa shape index (κ2) is 9.11. The van der Waals surface area contributed by atoms with E-state index in [-0.39, 0.29) is 11.8 Å². The van der Waals surface area contributed by atoms with Gasteiger partial charge in [0.05, 0.1) is 29.4 Å². The van der Waals surface area contributed by atoms with Gasteiger partial charge in [0.2, 0.25) is 11.8 Å². The standard InChI is InChI=1S/C21H21N3O2S3/c1-14-5-2-3-6-15(14)9-19(25)24-13-27-12-17(24)20(26)22-10-16-11-29-21(23-16)18-7-4-8-28-18/h2-8,11,17H,9-10,12-13H2,1H3,(H,22,26)/t17-/m1/s1. The molecule has 2 amide bonds. The van der Waals surface area contributed by atoms with Crippen LogP contribution in [0.4, 0.5) is 0 Å². The van der Waals surface area contributed by atoms with Gasteiger partial charge in [0.1, 0.15) is 11.0 Å². The number of thiazole rings is 1. The van der Waals surface area contributed by atoms with Crippen LogP contribution in [0.5, 0.6) is 0 Å². The average Bonchev–Trinajstić information content (AvgIpc) is 3.48. The summed E-state index contributed by atoms with van der Waals surface area (Å²) in [5, 5.41) is 7.93. The Morgan fingerprint density at radius 1 is 1.21 bits per heavy atom. The second-order valence-electron chi connectivity index (χ2n) is 6.82. The number of nitrogens with zero attached hydrogens (tertiary/aromatic N) is 2. The van der Waals surface area contributed by atoms with Crippen LogP contribution in [0, 0.1) is 6.92 Å². The zero-order chi connectivity index (χ0) is 20.2. The van der Waals surface area contributed by atoms with Crippen LogP contribution in [-0.2, 0) is 22.6 Å². The molecule has 8 heteroatoms. The van der Waals surface area contributed by atoms with Crippen molar-refractivity contribution >= 4 is 46.2 Å². The fourth-order valence-corrected chi connectivity index (χ4v) is 5.99. The molecule has 1 atom stereocenters. The van der Waals surface area contributed by atoms with Crippen molar-refractivity contribution in [1.29, 1.82) is 0 Å². The lowest BCUT2D eigenvalue weighted by Crippen LogP contribution is -2.47. The normalized spacial score (nSPS) is 16.2. The van der Waals surface area contributed by atoms with Gasteiger partial charge in [-0.15, -0.1) is 34.4 Å². The Hall–Kier alpha value is -2.16. The summed E-state index contributed by atoms with van der Waals surface area (Å²) in [6.45, 7) is 2.38. The lowest BCUT2D eigenvalue weighted by Gasteiger charge is -2.23. The molecule has 0 aliphatic carbocycles. The van der Waals surface area contributed by atoms with Gasteiger partial charge in [0, 0.05) is 11.1 Å². The van der Waals surface area contributed by atoms with Crippen LogP contribution in [0.2, 0.25) is 0 Å². The molecule has 150 valence electrons. The van der Waals surface area contributed by atoms with E-state index in [1.165, 1.54) is 0 Å². The second-order valence-corrected chi connectivity index (χ2v) is 9.63. The highest BCUT2D eigenvalue weighted by molar-refractivity contribution is 7.99. The maximum Gasteiger partial charge on any atom is 0.244 e. The van der Waals surface area contributed by atoms with Gasteiger partial charge in [0.25, 0.3) is 0 Å². The first-order chi connectivity index (χ1) is 14.1. The quantitative estimate of drug-likeness (QED) is 0.627. The highest BCUT2D eigenvalue weighted by atomic mass is 32.2. The van der Waals surface area contributed by atoms with E-state index >= 15 is 0 Å². The third kappa shape index (κ3) is 4.71. The van der Waals surface area contributed by atoms with Gasteiger partial charge in [-0.25, -0.2) is 4.98 Å². The Morgan fingerprint density at radius 2 is 2.07 bits per heavy atom.